The van der Waals surface area contributed by atoms with E-state index in [-0.39, 0.29) is 0 Å². The van der Waals surface area contributed by atoms with E-state index in [1.165, 1.54) is 17.3 Å². The zero-order valence-electron chi connectivity index (χ0n) is 15.7. The Bertz CT molecular complexity index is 849. The molecule has 0 radical (unpaired) electrons. The highest BCUT2D eigenvalue weighted by atomic mass is 32.2. The van der Waals surface area contributed by atoms with E-state index in [1.807, 2.05) is 38.1 Å². The van der Waals surface area contributed by atoms with E-state index >= 15 is 0 Å². The number of thioether (sulfide) groups is 1. The van der Waals surface area contributed by atoms with Crippen LogP contribution in [0.2, 0.25) is 0 Å². The fraction of sp³-hybridized carbons (Fsp3) is 0.400. The van der Waals surface area contributed by atoms with Gasteiger partial charge in [0.1, 0.15) is 5.04 Å². The molecule has 6 heteroatoms. The van der Waals surface area contributed by atoms with Crippen LogP contribution in [-0.2, 0) is 12.1 Å². The molecule has 1 aliphatic heterocycles. The lowest BCUT2D eigenvalue weighted by Crippen LogP contribution is -2.19. The van der Waals surface area contributed by atoms with Crippen LogP contribution in [0.25, 0.3) is 5.57 Å². The molecule has 26 heavy (non-hydrogen) atoms. The fourth-order valence-corrected chi connectivity index (χ4v) is 3.99. The predicted octanol–water partition coefficient (Wildman–Crippen LogP) is 4.91. The highest BCUT2D eigenvalue weighted by Crippen LogP contribution is 2.45. The molecule has 0 bridgehead atoms. The second kappa shape index (κ2) is 7.29. The van der Waals surface area contributed by atoms with Crippen LogP contribution in [0.5, 0.6) is 0 Å². The van der Waals surface area contributed by atoms with E-state index in [9.17, 15) is 5.11 Å². The SMILES string of the molecule is CC/C(C)=C1\C(=N)Sc2c(NCc3ccc(C(C)(O)CC)cc3)n[nH]c21. The Labute approximate surface area is 158 Å². The van der Waals surface area contributed by atoms with E-state index in [0.29, 0.717) is 18.0 Å². The second-order valence-electron chi connectivity index (χ2n) is 6.89. The first-order valence-corrected chi connectivity index (χ1v) is 9.80. The highest BCUT2D eigenvalue weighted by molar-refractivity contribution is 8.15. The number of H-pyrrole nitrogens is 1. The number of aromatic amines is 1. The Kier molecular flexibility index (Phi) is 5.25. The smallest absolute Gasteiger partial charge is 0.162 e. The lowest BCUT2D eigenvalue weighted by atomic mass is 9.93. The Morgan fingerprint density at radius 3 is 2.62 bits per heavy atom. The maximum atomic E-state index is 10.3. The van der Waals surface area contributed by atoms with E-state index in [4.69, 9.17) is 5.41 Å². The monoisotopic (exact) mass is 370 g/mol. The summed E-state index contributed by atoms with van der Waals surface area (Å²) in [6.07, 6.45) is 1.60. The average molecular weight is 371 g/mol. The van der Waals surface area contributed by atoms with Gasteiger partial charge in [-0.05, 0) is 37.8 Å². The molecule has 0 amide bonds. The number of rotatable bonds is 6. The number of nitrogens with one attached hydrogen (secondary N) is 3. The van der Waals surface area contributed by atoms with Crippen molar-refractivity contribution in [3.05, 3.63) is 46.7 Å². The molecule has 0 saturated carbocycles. The minimum Gasteiger partial charge on any atom is -0.385 e. The van der Waals surface area contributed by atoms with Crippen molar-refractivity contribution in [2.75, 3.05) is 5.32 Å². The number of aliphatic hydroxyl groups is 1. The number of aromatic nitrogens is 2. The summed E-state index contributed by atoms with van der Waals surface area (Å²) < 4.78 is 0. The topological polar surface area (TPSA) is 84.8 Å². The largest absolute Gasteiger partial charge is 0.385 e. The van der Waals surface area contributed by atoms with E-state index in [0.717, 1.165) is 39.5 Å². The Hall–Kier alpha value is -2.05. The molecule has 138 valence electrons. The molecule has 1 atom stereocenters. The first kappa shape index (κ1) is 18.7. The van der Waals surface area contributed by atoms with Crippen LogP contribution in [0.4, 0.5) is 5.82 Å². The van der Waals surface area contributed by atoms with Crippen LogP contribution in [0, 0.1) is 5.41 Å². The minimum atomic E-state index is -0.786. The maximum Gasteiger partial charge on any atom is 0.162 e. The first-order valence-electron chi connectivity index (χ1n) is 8.98. The molecular formula is C20H26N4OS. The maximum absolute atomic E-state index is 10.3. The summed E-state index contributed by atoms with van der Waals surface area (Å²) in [4.78, 5) is 1.00. The molecule has 2 aromatic rings. The van der Waals surface area contributed by atoms with Crippen molar-refractivity contribution in [3.8, 4) is 0 Å². The zero-order chi connectivity index (χ0) is 18.9. The average Bonchev–Trinajstić information content (AvgIpc) is 3.17. The molecule has 0 spiro atoms. The third-order valence-corrected chi connectivity index (χ3v) is 6.09. The van der Waals surface area contributed by atoms with Crippen molar-refractivity contribution in [1.82, 2.24) is 10.2 Å². The van der Waals surface area contributed by atoms with Gasteiger partial charge in [0.2, 0.25) is 0 Å². The van der Waals surface area contributed by atoms with Gasteiger partial charge in [-0.3, -0.25) is 10.5 Å². The summed E-state index contributed by atoms with van der Waals surface area (Å²) >= 11 is 1.46. The third-order valence-electron chi connectivity index (χ3n) is 5.08. The highest BCUT2D eigenvalue weighted by Gasteiger charge is 2.29. The van der Waals surface area contributed by atoms with Crippen LogP contribution in [-0.4, -0.2) is 20.3 Å². The number of anilines is 1. The number of allylic oxidation sites excluding steroid dienone is 1. The number of fused-ring (bicyclic) bond motifs is 1. The normalized spacial score (nSPS) is 17.8. The van der Waals surface area contributed by atoms with Gasteiger partial charge >= 0.3 is 0 Å². The standard InChI is InChI=1S/C20H26N4OS/c1-5-12(3)15-16-17(26-18(15)21)19(24-23-16)22-11-13-7-9-14(10-8-13)20(4,25)6-2/h7-10,21,25H,5-6,11H2,1-4H3,(H2,22,23,24)/b15-12-,21-18?. The lowest BCUT2D eigenvalue weighted by molar-refractivity contribution is 0.0531. The summed E-state index contributed by atoms with van der Waals surface area (Å²) in [5.41, 5.74) is 4.41. The fourth-order valence-electron chi connectivity index (χ4n) is 2.94. The van der Waals surface area contributed by atoms with Crippen LogP contribution in [0.15, 0.2) is 34.7 Å². The second-order valence-corrected chi connectivity index (χ2v) is 7.91. The van der Waals surface area contributed by atoms with E-state index in [1.54, 1.807) is 0 Å². The molecule has 0 saturated heterocycles. The van der Waals surface area contributed by atoms with Crippen LogP contribution < -0.4 is 5.32 Å². The van der Waals surface area contributed by atoms with Crippen LogP contribution in [0.1, 0.15) is 57.4 Å². The molecule has 0 aliphatic carbocycles. The van der Waals surface area contributed by atoms with Crippen molar-refractivity contribution in [3.63, 3.8) is 0 Å². The molecule has 1 aliphatic rings. The van der Waals surface area contributed by atoms with Gasteiger partial charge in [0.15, 0.2) is 5.82 Å². The van der Waals surface area contributed by atoms with Gasteiger partial charge in [0.05, 0.1) is 16.2 Å². The van der Waals surface area contributed by atoms with Gasteiger partial charge in [0.25, 0.3) is 0 Å². The molecular weight excluding hydrogens is 344 g/mol. The van der Waals surface area contributed by atoms with Gasteiger partial charge in [-0.1, -0.05) is 55.4 Å². The van der Waals surface area contributed by atoms with Gasteiger partial charge < -0.3 is 10.4 Å². The molecule has 1 aromatic carbocycles. The van der Waals surface area contributed by atoms with Crippen molar-refractivity contribution < 1.29 is 5.11 Å². The van der Waals surface area contributed by atoms with Crippen molar-refractivity contribution in [2.45, 2.75) is 57.6 Å². The quantitative estimate of drug-likeness (QED) is 0.582. The van der Waals surface area contributed by atoms with Crippen LogP contribution in [0.3, 0.4) is 0 Å². The first-order chi connectivity index (χ1) is 12.4. The van der Waals surface area contributed by atoms with Gasteiger partial charge in [-0.2, -0.15) is 5.10 Å². The van der Waals surface area contributed by atoms with Crippen molar-refractivity contribution in [2.24, 2.45) is 0 Å². The Morgan fingerprint density at radius 2 is 2.00 bits per heavy atom. The summed E-state index contributed by atoms with van der Waals surface area (Å²) in [5.74, 6) is 0.790. The molecule has 1 aromatic heterocycles. The molecule has 3 rings (SSSR count). The summed E-state index contributed by atoms with van der Waals surface area (Å²) in [7, 11) is 0. The molecule has 5 nitrogen and oxygen atoms in total. The van der Waals surface area contributed by atoms with E-state index < -0.39 is 5.60 Å². The zero-order valence-corrected chi connectivity index (χ0v) is 16.5. The van der Waals surface area contributed by atoms with Crippen LogP contribution >= 0.6 is 11.8 Å². The van der Waals surface area contributed by atoms with Crippen molar-refractivity contribution >= 4 is 28.2 Å². The minimum absolute atomic E-state index is 0.585. The van der Waals surface area contributed by atoms with E-state index in [2.05, 4.69) is 29.4 Å². The lowest BCUT2D eigenvalue weighted by Gasteiger charge is -2.22. The van der Waals surface area contributed by atoms with Gasteiger partial charge in [-0.15, -0.1) is 0 Å². The Balaban J connectivity index is 1.74. The molecule has 2 heterocycles. The molecule has 0 fully saturated rings. The number of benzene rings is 1. The molecule has 1 unspecified atom stereocenters. The Morgan fingerprint density at radius 1 is 1.31 bits per heavy atom. The molecule has 4 N–H and O–H groups in total. The number of hydrogen-bond donors (Lipinski definition) is 4. The summed E-state index contributed by atoms with van der Waals surface area (Å²) in [6.45, 7) is 8.63. The third kappa shape index (κ3) is 3.44. The van der Waals surface area contributed by atoms with Gasteiger partial charge in [0, 0.05) is 12.1 Å². The van der Waals surface area contributed by atoms with Gasteiger partial charge in [-0.25, -0.2) is 0 Å². The van der Waals surface area contributed by atoms with Crippen molar-refractivity contribution in [1.29, 1.82) is 5.41 Å². The number of nitrogens with zero attached hydrogens (tertiary/aromatic N) is 1. The number of hydrogen-bond acceptors (Lipinski definition) is 5. The predicted molar refractivity (Wildman–Crippen MR) is 109 cm³/mol. The summed E-state index contributed by atoms with van der Waals surface area (Å²) in [5, 5.41) is 30.0. The summed E-state index contributed by atoms with van der Waals surface area (Å²) in [6, 6.07) is 8.01.